The number of benzene rings is 1. The Hall–Kier alpha value is -1.35. The van der Waals surface area contributed by atoms with Gasteiger partial charge < -0.3 is 10.4 Å². The maximum atomic E-state index is 12.2. The van der Waals surface area contributed by atoms with E-state index in [1.54, 1.807) is 0 Å². The molecule has 0 spiro atoms. The molecule has 0 heterocycles. The molecule has 1 amide bonds. The first-order valence-corrected chi connectivity index (χ1v) is 7.81. The summed E-state index contributed by atoms with van der Waals surface area (Å²) in [6, 6.07) is 7.69. The first-order chi connectivity index (χ1) is 9.76. The predicted molar refractivity (Wildman–Crippen MR) is 84.9 cm³/mol. The smallest absolute Gasteiger partial charge is 0.220 e. The zero-order valence-corrected chi connectivity index (χ0v) is 13.5. The molecule has 3 heteroatoms. The van der Waals surface area contributed by atoms with Crippen LogP contribution in [0.25, 0.3) is 0 Å². The van der Waals surface area contributed by atoms with Gasteiger partial charge in [0.15, 0.2) is 0 Å². The van der Waals surface area contributed by atoms with Crippen molar-refractivity contribution in [2.24, 2.45) is 11.3 Å². The molecule has 1 aliphatic rings. The summed E-state index contributed by atoms with van der Waals surface area (Å²) in [6.45, 7) is 8.69. The zero-order chi connectivity index (χ0) is 15.6. The summed E-state index contributed by atoms with van der Waals surface area (Å²) in [5.41, 5.74) is 2.43. The minimum atomic E-state index is -0.510. The van der Waals surface area contributed by atoms with E-state index in [-0.39, 0.29) is 17.4 Å². The Bertz CT molecular complexity index is 504. The Kier molecular flexibility index (Phi) is 4.72. The second-order valence-electron chi connectivity index (χ2n) is 7.59. The van der Waals surface area contributed by atoms with Crippen molar-refractivity contribution in [3.8, 4) is 0 Å². The normalized spacial score (nSPS) is 22.7. The number of amides is 1. The number of aliphatic hydroxyl groups is 1. The van der Waals surface area contributed by atoms with E-state index in [2.05, 4.69) is 33.0 Å². The molecule has 0 bridgehead atoms. The summed E-state index contributed by atoms with van der Waals surface area (Å²) in [6.07, 6.45) is 1.65. The second-order valence-corrected chi connectivity index (χ2v) is 7.59. The van der Waals surface area contributed by atoms with Gasteiger partial charge in [0, 0.05) is 12.8 Å². The monoisotopic (exact) mass is 289 g/mol. The topological polar surface area (TPSA) is 49.3 Å². The minimum Gasteiger partial charge on any atom is -0.390 e. The Labute approximate surface area is 127 Å². The van der Waals surface area contributed by atoms with Crippen molar-refractivity contribution in [2.75, 3.05) is 0 Å². The van der Waals surface area contributed by atoms with Crippen molar-refractivity contribution in [3.05, 3.63) is 35.4 Å². The number of carbonyl (C=O) groups is 1. The van der Waals surface area contributed by atoms with Gasteiger partial charge in [-0.25, -0.2) is 0 Å². The van der Waals surface area contributed by atoms with Crippen LogP contribution >= 0.6 is 0 Å². The number of rotatable bonds is 4. The Morgan fingerprint density at radius 2 is 2.05 bits per heavy atom. The fourth-order valence-corrected chi connectivity index (χ4v) is 3.41. The molecule has 116 valence electrons. The van der Waals surface area contributed by atoms with Crippen molar-refractivity contribution in [1.29, 1.82) is 0 Å². The lowest BCUT2D eigenvalue weighted by Crippen LogP contribution is -2.34. The van der Waals surface area contributed by atoms with Crippen LogP contribution < -0.4 is 5.32 Å². The van der Waals surface area contributed by atoms with E-state index < -0.39 is 6.10 Å². The van der Waals surface area contributed by atoms with Gasteiger partial charge in [-0.3, -0.25) is 4.79 Å². The largest absolute Gasteiger partial charge is 0.390 e. The van der Waals surface area contributed by atoms with Crippen LogP contribution in [0.5, 0.6) is 0 Å². The fraction of sp³-hybridized carbons (Fsp3) is 0.611. The van der Waals surface area contributed by atoms with Crippen LogP contribution in [0.2, 0.25) is 0 Å². The van der Waals surface area contributed by atoms with Gasteiger partial charge in [0.2, 0.25) is 5.91 Å². The maximum Gasteiger partial charge on any atom is 0.220 e. The molecule has 0 saturated carbocycles. The van der Waals surface area contributed by atoms with Crippen LogP contribution in [-0.2, 0) is 11.2 Å². The van der Waals surface area contributed by atoms with E-state index in [4.69, 9.17) is 0 Å². The minimum absolute atomic E-state index is 0.0347. The van der Waals surface area contributed by atoms with Gasteiger partial charge in [-0.2, -0.15) is 0 Å². The predicted octanol–water partition coefficient (Wildman–Crippen LogP) is 3.22. The van der Waals surface area contributed by atoms with Crippen LogP contribution in [0.1, 0.15) is 57.7 Å². The fourth-order valence-electron chi connectivity index (χ4n) is 3.41. The van der Waals surface area contributed by atoms with Crippen molar-refractivity contribution in [1.82, 2.24) is 5.32 Å². The summed E-state index contributed by atoms with van der Waals surface area (Å²) in [4.78, 5) is 12.2. The standard InChI is InChI=1S/C18H27NO2/c1-12(11-18(2,3)4)9-16(21)19-17-14-8-6-5-7-13(14)10-15(17)20/h5-8,12,15,17,20H,9-11H2,1-4H3,(H,19,21)/t12?,15-,17+/m0/s1. The van der Waals surface area contributed by atoms with E-state index in [0.717, 1.165) is 17.5 Å². The van der Waals surface area contributed by atoms with E-state index in [0.29, 0.717) is 18.8 Å². The number of hydrogen-bond donors (Lipinski definition) is 2. The lowest BCUT2D eigenvalue weighted by molar-refractivity contribution is -0.123. The SMILES string of the molecule is CC(CC(=O)N[C@@H]1c2ccccc2C[C@@H]1O)CC(C)(C)C. The highest BCUT2D eigenvalue weighted by Crippen LogP contribution is 2.32. The first-order valence-electron chi connectivity index (χ1n) is 7.81. The number of nitrogens with one attached hydrogen (secondary N) is 1. The molecule has 2 rings (SSSR count). The number of fused-ring (bicyclic) bond motifs is 1. The molecule has 1 unspecified atom stereocenters. The molecule has 3 nitrogen and oxygen atoms in total. The van der Waals surface area contributed by atoms with E-state index in [1.807, 2.05) is 24.3 Å². The van der Waals surface area contributed by atoms with Gasteiger partial charge in [0.05, 0.1) is 12.1 Å². The molecule has 0 saturated heterocycles. The van der Waals surface area contributed by atoms with Crippen molar-refractivity contribution in [2.45, 2.75) is 59.1 Å². The van der Waals surface area contributed by atoms with Crippen LogP contribution in [-0.4, -0.2) is 17.1 Å². The maximum absolute atomic E-state index is 12.2. The van der Waals surface area contributed by atoms with Gasteiger partial charge in [0.25, 0.3) is 0 Å². The molecule has 0 radical (unpaired) electrons. The summed E-state index contributed by atoms with van der Waals surface area (Å²) in [7, 11) is 0. The molecule has 0 fully saturated rings. The molecule has 1 aliphatic carbocycles. The Morgan fingerprint density at radius 1 is 1.38 bits per heavy atom. The van der Waals surface area contributed by atoms with E-state index in [1.165, 1.54) is 0 Å². The van der Waals surface area contributed by atoms with Gasteiger partial charge in [-0.05, 0) is 28.9 Å². The van der Waals surface area contributed by atoms with Crippen LogP contribution in [0.15, 0.2) is 24.3 Å². The third kappa shape index (κ3) is 4.31. The molecule has 1 aromatic carbocycles. The van der Waals surface area contributed by atoms with Crippen molar-refractivity contribution >= 4 is 5.91 Å². The average Bonchev–Trinajstić information content (AvgIpc) is 2.63. The van der Waals surface area contributed by atoms with Gasteiger partial charge in [0.1, 0.15) is 0 Å². The summed E-state index contributed by atoms with van der Waals surface area (Å²) in [5.74, 6) is 0.381. The molecule has 21 heavy (non-hydrogen) atoms. The molecule has 0 aromatic heterocycles. The molecular formula is C18H27NO2. The molecule has 0 aliphatic heterocycles. The number of hydrogen-bond acceptors (Lipinski definition) is 2. The highest BCUT2D eigenvalue weighted by molar-refractivity contribution is 5.77. The number of carbonyl (C=O) groups excluding carboxylic acids is 1. The highest BCUT2D eigenvalue weighted by atomic mass is 16.3. The van der Waals surface area contributed by atoms with Crippen molar-refractivity contribution in [3.63, 3.8) is 0 Å². The first kappa shape index (κ1) is 16.0. The highest BCUT2D eigenvalue weighted by Gasteiger charge is 2.32. The molecular weight excluding hydrogens is 262 g/mol. The number of aliphatic hydroxyl groups excluding tert-OH is 1. The van der Waals surface area contributed by atoms with Crippen LogP contribution in [0.3, 0.4) is 0 Å². The summed E-state index contributed by atoms with van der Waals surface area (Å²) in [5, 5.41) is 13.2. The molecule has 1 aromatic rings. The third-order valence-electron chi connectivity index (χ3n) is 4.02. The zero-order valence-electron chi connectivity index (χ0n) is 13.5. The third-order valence-corrected chi connectivity index (χ3v) is 4.02. The van der Waals surface area contributed by atoms with Crippen molar-refractivity contribution < 1.29 is 9.90 Å². The van der Waals surface area contributed by atoms with Gasteiger partial charge in [-0.15, -0.1) is 0 Å². The second kappa shape index (κ2) is 6.18. The lowest BCUT2D eigenvalue weighted by atomic mass is 9.84. The summed E-state index contributed by atoms with van der Waals surface area (Å²) >= 11 is 0. The molecule has 3 atom stereocenters. The summed E-state index contributed by atoms with van der Waals surface area (Å²) < 4.78 is 0. The average molecular weight is 289 g/mol. The lowest BCUT2D eigenvalue weighted by Gasteiger charge is -2.24. The van der Waals surface area contributed by atoms with E-state index in [9.17, 15) is 9.90 Å². The Morgan fingerprint density at radius 3 is 2.71 bits per heavy atom. The quantitative estimate of drug-likeness (QED) is 0.894. The molecule has 2 N–H and O–H groups in total. The van der Waals surface area contributed by atoms with Gasteiger partial charge in [-0.1, -0.05) is 52.0 Å². The van der Waals surface area contributed by atoms with Crippen LogP contribution in [0.4, 0.5) is 0 Å². The van der Waals surface area contributed by atoms with Crippen LogP contribution in [0, 0.1) is 11.3 Å². The van der Waals surface area contributed by atoms with E-state index >= 15 is 0 Å². The Balaban J connectivity index is 1.94. The van der Waals surface area contributed by atoms with Gasteiger partial charge >= 0.3 is 0 Å².